The van der Waals surface area contributed by atoms with Crippen molar-refractivity contribution in [3.63, 3.8) is 0 Å². The van der Waals surface area contributed by atoms with E-state index >= 15 is 0 Å². The molecule has 0 saturated heterocycles. The second kappa shape index (κ2) is 4.38. The van der Waals surface area contributed by atoms with Gasteiger partial charge in [-0.05, 0) is 24.1 Å². The molecule has 0 unspecified atom stereocenters. The highest BCUT2D eigenvalue weighted by Crippen LogP contribution is 2.35. The van der Waals surface area contributed by atoms with Gasteiger partial charge in [0.25, 0.3) is 0 Å². The zero-order chi connectivity index (χ0) is 10.8. The maximum atomic E-state index is 6.15. The molecule has 0 nitrogen and oxygen atoms in total. The normalized spacial score (nSPS) is 10.9. The molecule has 0 N–H and O–H groups in total. The number of rotatable bonds is 2. The first-order valence-corrected chi connectivity index (χ1v) is 6.22. The predicted molar refractivity (Wildman–Crippen MR) is 68.9 cm³/mol. The summed E-state index contributed by atoms with van der Waals surface area (Å²) >= 11 is 7.98. The van der Waals surface area contributed by atoms with E-state index in [9.17, 15) is 0 Å². The third kappa shape index (κ3) is 2.24. The Balaban J connectivity index is 2.42. The van der Waals surface area contributed by atoms with Gasteiger partial charge in [-0.2, -0.15) is 0 Å². The van der Waals surface area contributed by atoms with Crippen LogP contribution in [0.4, 0.5) is 0 Å². The van der Waals surface area contributed by atoms with Gasteiger partial charge in [0, 0.05) is 20.3 Å². The van der Waals surface area contributed by atoms with Crippen molar-refractivity contribution in [3.05, 3.63) is 46.3 Å². The molecule has 0 aliphatic rings. The molecule has 2 aromatic rings. The number of hydrogen-bond donors (Lipinski definition) is 0. The van der Waals surface area contributed by atoms with Crippen molar-refractivity contribution in [3.8, 4) is 10.4 Å². The van der Waals surface area contributed by atoms with Crippen LogP contribution in [0.15, 0.2) is 36.4 Å². The van der Waals surface area contributed by atoms with Crippen LogP contribution in [0, 0.1) is 0 Å². The van der Waals surface area contributed by atoms with Crippen LogP contribution in [0.2, 0.25) is 5.02 Å². The van der Waals surface area contributed by atoms with Crippen LogP contribution >= 0.6 is 22.9 Å². The van der Waals surface area contributed by atoms with Crippen LogP contribution < -0.4 is 0 Å². The average molecular weight is 237 g/mol. The zero-order valence-corrected chi connectivity index (χ0v) is 10.4. The Morgan fingerprint density at radius 3 is 2.40 bits per heavy atom. The first-order valence-electron chi connectivity index (χ1n) is 5.03. The molecule has 0 aliphatic carbocycles. The lowest BCUT2D eigenvalue weighted by molar-refractivity contribution is 0.890. The molecule has 1 heterocycles. The molecule has 0 spiro atoms. The molecule has 15 heavy (non-hydrogen) atoms. The highest BCUT2D eigenvalue weighted by Gasteiger charge is 2.07. The van der Waals surface area contributed by atoms with Gasteiger partial charge in [-0.15, -0.1) is 11.3 Å². The van der Waals surface area contributed by atoms with E-state index in [0.29, 0.717) is 5.92 Å². The van der Waals surface area contributed by atoms with Gasteiger partial charge in [-0.1, -0.05) is 43.6 Å². The maximum absolute atomic E-state index is 6.15. The fourth-order valence-corrected chi connectivity index (χ4v) is 2.81. The van der Waals surface area contributed by atoms with Crippen LogP contribution in [-0.2, 0) is 0 Å². The Morgan fingerprint density at radius 1 is 1.07 bits per heavy atom. The highest BCUT2D eigenvalue weighted by atomic mass is 35.5. The summed E-state index contributed by atoms with van der Waals surface area (Å²) in [5, 5.41) is 0.828. The molecule has 0 fully saturated rings. The smallest absolute Gasteiger partial charge is 0.0492 e. The summed E-state index contributed by atoms with van der Waals surface area (Å²) in [4.78, 5) is 2.66. The quantitative estimate of drug-likeness (QED) is 0.673. The predicted octanol–water partition coefficient (Wildman–Crippen LogP) is 5.19. The topological polar surface area (TPSA) is 0 Å². The summed E-state index contributed by atoms with van der Waals surface area (Å²) in [6.07, 6.45) is 0. The van der Waals surface area contributed by atoms with Gasteiger partial charge in [-0.25, -0.2) is 0 Å². The Labute approximate surface area is 99.5 Å². The van der Waals surface area contributed by atoms with E-state index < -0.39 is 0 Å². The van der Waals surface area contributed by atoms with Crippen molar-refractivity contribution in [2.24, 2.45) is 0 Å². The molecule has 0 radical (unpaired) electrons. The summed E-state index contributed by atoms with van der Waals surface area (Å²) in [7, 11) is 0. The minimum Gasteiger partial charge on any atom is -0.140 e. The summed E-state index contributed by atoms with van der Waals surface area (Å²) in [6.45, 7) is 4.42. The standard InChI is InChI=1S/C13H13ClS/c1-9(2)12-7-8-13(15-12)10-5-3-4-6-11(10)14/h3-9H,1-2H3. The van der Waals surface area contributed by atoms with E-state index in [0.717, 1.165) is 10.6 Å². The molecule has 0 aliphatic heterocycles. The molecule has 2 heteroatoms. The van der Waals surface area contributed by atoms with Gasteiger partial charge in [0.1, 0.15) is 0 Å². The van der Waals surface area contributed by atoms with Crippen LogP contribution in [0.25, 0.3) is 10.4 Å². The van der Waals surface area contributed by atoms with E-state index in [4.69, 9.17) is 11.6 Å². The molecule has 2 rings (SSSR count). The van der Waals surface area contributed by atoms with E-state index in [1.807, 2.05) is 29.5 Å². The Bertz CT molecular complexity index is 457. The fraction of sp³-hybridized carbons (Fsp3) is 0.231. The third-order valence-electron chi connectivity index (χ3n) is 2.34. The molecule has 1 aromatic carbocycles. The van der Waals surface area contributed by atoms with Gasteiger partial charge < -0.3 is 0 Å². The number of thiophene rings is 1. The molecule has 1 aromatic heterocycles. The SMILES string of the molecule is CC(C)c1ccc(-c2ccccc2Cl)s1. The van der Waals surface area contributed by atoms with E-state index in [2.05, 4.69) is 32.0 Å². The summed E-state index contributed by atoms with van der Waals surface area (Å²) < 4.78 is 0. The van der Waals surface area contributed by atoms with Crippen molar-refractivity contribution >= 4 is 22.9 Å². The molecule has 0 atom stereocenters. The Morgan fingerprint density at radius 2 is 1.80 bits per heavy atom. The van der Waals surface area contributed by atoms with Gasteiger partial charge in [-0.3, -0.25) is 0 Å². The number of halogens is 1. The lowest BCUT2D eigenvalue weighted by atomic mass is 10.1. The third-order valence-corrected chi connectivity index (χ3v) is 4.08. The summed E-state index contributed by atoms with van der Waals surface area (Å²) in [5.41, 5.74) is 1.14. The second-order valence-corrected chi connectivity index (χ2v) is 5.36. The zero-order valence-electron chi connectivity index (χ0n) is 8.83. The van der Waals surface area contributed by atoms with Crippen LogP contribution in [0.5, 0.6) is 0 Å². The molecule has 78 valence electrons. The van der Waals surface area contributed by atoms with Crippen molar-refractivity contribution < 1.29 is 0 Å². The van der Waals surface area contributed by atoms with Crippen molar-refractivity contribution in [2.45, 2.75) is 19.8 Å². The average Bonchev–Trinajstić information content (AvgIpc) is 2.67. The second-order valence-electron chi connectivity index (χ2n) is 3.84. The largest absolute Gasteiger partial charge is 0.140 e. The lowest BCUT2D eigenvalue weighted by Crippen LogP contribution is -1.77. The molecule has 0 amide bonds. The van der Waals surface area contributed by atoms with Crippen molar-refractivity contribution in [2.75, 3.05) is 0 Å². The first-order chi connectivity index (χ1) is 7.18. The van der Waals surface area contributed by atoms with Gasteiger partial charge in [0.05, 0.1) is 0 Å². The minimum atomic E-state index is 0.589. The molecular formula is C13H13ClS. The number of benzene rings is 1. The molecule has 0 saturated carbocycles. The summed E-state index contributed by atoms with van der Waals surface area (Å²) in [5.74, 6) is 0.589. The summed E-state index contributed by atoms with van der Waals surface area (Å²) in [6, 6.07) is 12.3. The van der Waals surface area contributed by atoms with E-state index in [-0.39, 0.29) is 0 Å². The van der Waals surface area contributed by atoms with Crippen molar-refractivity contribution in [1.82, 2.24) is 0 Å². The van der Waals surface area contributed by atoms with Gasteiger partial charge in [0.2, 0.25) is 0 Å². The van der Waals surface area contributed by atoms with E-state index in [1.165, 1.54) is 9.75 Å². The van der Waals surface area contributed by atoms with Crippen LogP contribution in [-0.4, -0.2) is 0 Å². The first kappa shape index (κ1) is 10.7. The minimum absolute atomic E-state index is 0.589. The van der Waals surface area contributed by atoms with E-state index in [1.54, 1.807) is 0 Å². The lowest BCUT2D eigenvalue weighted by Gasteiger charge is -2.01. The maximum Gasteiger partial charge on any atom is 0.0492 e. The van der Waals surface area contributed by atoms with Gasteiger partial charge >= 0.3 is 0 Å². The molecule has 0 bridgehead atoms. The number of hydrogen-bond acceptors (Lipinski definition) is 1. The van der Waals surface area contributed by atoms with Crippen molar-refractivity contribution in [1.29, 1.82) is 0 Å². The highest BCUT2D eigenvalue weighted by molar-refractivity contribution is 7.15. The van der Waals surface area contributed by atoms with Gasteiger partial charge in [0.15, 0.2) is 0 Å². The Kier molecular flexibility index (Phi) is 3.13. The Hall–Kier alpha value is -0.790. The fourth-order valence-electron chi connectivity index (χ4n) is 1.47. The monoisotopic (exact) mass is 236 g/mol. The van der Waals surface area contributed by atoms with Crippen LogP contribution in [0.3, 0.4) is 0 Å². The molecular weight excluding hydrogens is 224 g/mol. The van der Waals surface area contributed by atoms with Crippen LogP contribution in [0.1, 0.15) is 24.6 Å².